The summed E-state index contributed by atoms with van der Waals surface area (Å²) in [7, 11) is 0. The van der Waals surface area contributed by atoms with Gasteiger partial charge in [0.2, 0.25) is 0 Å². The molecule has 0 aromatic carbocycles. The molecular formula is C44H30. The lowest BCUT2D eigenvalue weighted by atomic mass is 8.46. The molecule has 0 saturated heterocycles. The summed E-state index contributed by atoms with van der Waals surface area (Å²) in [5.74, 6) is 30.5. The van der Waals surface area contributed by atoms with Gasteiger partial charge in [-0.3, -0.25) is 0 Å². The minimum Gasteiger partial charge on any atom is -0.0458 e. The average molecular weight is 559 g/mol. The molecule has 30 rings (SSSR count). The molecule has 44 heavy (non-hydrogen) atoms. The third-order valence-corrected chi connectivity index (χ3v) is 36.9. The smallest absolute Gasteiger partial charge is 0.00502 e. The van der Waals surface area contributed by atoms with Crippen molar-refractivity contribution < 1.29 is 0 Å². The third-order valence-electron chi connectivity index (χ3n) is 36.9. The third kappa shape index (κ3) is 0.357. The van der Waals surface area contributed by atoms with Crippen LogP contribution in [0.15, 0.2) is 0 Å². The van der Waals surface area contributed by atoms with E-state index < -0.39 is 0 Å². The van der Waals surface area contributed by atoms with Crippen molar-refractivity contribution >= 4 is 0 Å². The van der Waals surface area contributed by atoms with E-state index in [1.54, 1.807) is 25.7 Å². The van der Waals surface area contributed by atoms with Gasteiger partial charge in [-0.15, -0.1) is 0 Å². The van der Waals surface area contributed by atoms with Gasteiger partial charge in [0.1, 0.15) is 0 Å². The molecule has 30 aliphatic carbocycles. The molecule has 0 heteroatoms. The Hall–Kier alpha value is 0. The van der Waals surface area contributed by atoms with Gasteiger partial charge in [-0.1, -0.05) is 0 Å². The first kappa shape index (κ1) is 15.3. The summed E-state index contributed by atoms with van der Waals surface area (Å²) in [4.78, 5) is 0. The second kappa shape index (κ2) is 2.39. The van der Waals surface area contributed by atoms with Gasteiger partial charge in [-0.05, 0) is 253 Å². The molecule has 0 radical (unpaired) electrons. The fourth-order valence-electron chi connectivity index (χ4n) is 45.7. The van der Waals surface area contributed by atoms with E-state index in [1.807, 2.05) is 0 Å². The van der Waals surface area contributed by atoms with Gasteiger partial charge in [0, 0.05) is 0 Å². The zero-order chi connectivity index (χ0) is 24.5. The summed E-state index contributed by atoms with van der Waals surface area (Å²) in [6.45, 7) is 0. The summed E-state index contributed by atoms with van der Waals surface area (Å²) in [6.07, 6.45) is 7.23. The largest absolute Gasteiger partial charge is 0.0458 e. The van der Waals surface area contributed by atoms with Crippen LogP contribution in [0.25, 0.3) is 0 Å². The number of hydrogen-bond donors (Lipinski definition) is 0. The Kier molecular flexibility index (Phi) is 0.831. The van der Waals surface area contributed by atoms with Gasteiger partial charge in [0.05, 0.1) is 0 Å². The van der Waals surface area contributed by atoms with Crippen molar-refractivity contribution in [2.45, 2.75) is 25.7 Å². The Morgan fingerprint density at radius 1 is 0.182 bits per heavy atom. The normalized spacial score (nSPS) is 135. The van der Waals surface area contributed by atoms with Crippen LogP contribution in [-0.2, 0) is 0 Å². The lowest BCUT2D eigenvalue weighted by Crippen LogP contribution is -3.55. The first-order valence-corrected chi connectivity index (χ1v) is 21.9. The Bertz CT molecular complexity index is 2310. The van der Waals surface area contributed by atoms with Crippen LogP contribution >= 0.6 is 0 Å². The van der Waals surface area contributed by atoms with Gasteiger partial charge in [0.25, 0.3) is 0 Å². The molecule has 0 N–H and O–H groups in total. The molecule has 30 aliphatic rings. The van der Waals surface area contributed by atoms with Crippen LogP contribution in [0.4, 0.5) is 0 Å². The number of hydrogen-bond acceptors (Lipinski definition) is 0. The van der Waals surface area contributed by atoms with Crippen molar-refractivity contribution in [3.8, 4) is 0 Å². The van der Waals surface area contributed by atoms with Gasteiger partial charge in [0.15, 0.2) is 0 Å². The molecule has 30 fully saturated rings. The Labute approximate surface area is 252 Å². The lowest BCUT2D eigenvalue weighted by molar-refractivity contribution is -1.11. The van der Waals surface area contributed by atoms with E-state index >= 15 is 0 Å². The van der Waals surface area contributed by atoms with Crippen molar-refractivity contribution in [3.05, 3.63) is 0 Å². The summed E-state index contributed by atoms with van der Waals surface area (Å²) in [5, 5.41) is 0. The number of rotatable bonds is 0. The molecule has 0 heterocycles. The van der Waals surface area contributed by atoms with Crippen LogP contribution in [-0.4, -0.2) is 0 Å². The zero-order valence-electron chi connectivity index (χ0n) is 24.5. The van der Waals surface area contributed by atoms with E-state index in [2.05, 4.69) is 0 Å². The summed E-state index contributed by atoms with van der Waals surface area (Å²) < 4.78 is 0. The maximum atomic E-state index is 1.81. The first-order chi connectivity index (χ1) is 21.9. The molecule has 0 aromatic heterocycles. The second-order valence-electron chi connectivity index (χ2n) is 27.9. The van der Waals surface area contributed by atoms with Crippen LogP contribution in [0.5, 0.6) is 0 Å². The molecule has 0 nitrogen and oxygen atoms in total. The average Bonchev–Trinajstić information content (AvgIpc) is 2.88. The van der Waals surface area contributed by atoms with E-state index in [1.165, 1.54) is 130 Å². The molecule has 18 spiro atoms. The number of fused-ring (bicyclic) bond motifs is 18. The molecular weight excluding hydrogens is 528 g/mol. The predicted octanol–water partition coefficient (Wildman–Crippen LogP) is 4.27. The highest BCUT2D eigenvalue weighted by Gasteiger charge is 3.57. The first-order valence-electron chi connectivity index (χ1n) is 21.9. The summed E-state index contributed by atoms with van der Waals surface area (Å²) in [5.41, 5.74) is 20.1. The van der Waals surface area contributed by atoms with E-state index in [0.717, 1.165) is 97.5 Å². The minimum atomic E-state index is 1.10. The standard InChI is InChI=1S/C44H30/c1-5-6-2-10-14-18-23-26-24-20-16-12-4-8-7-3-11-15-19-22-25-21-17-13-9(1)27(5)28(6,10)32(14)31(13,27)35(17)36(18,32)40(23)39(21,35)43(25)41(22)37(19)33(15)29(7,11)30(8,12)34(16,33)38(20,37)42(24,41)44(26,40)43/h5-26H,1-4H2/t5-,6+,7+,8?,9+,10?,11-,12?,13+,14?,15-,16?,17+,18?,19-,20?,21+,22-,23?,24?,25?,26?,27?,28+,29?,30-,31?,32-,33?,34+,35?,36-,37?,38+,39-,40-,41?,42+,43?,44?/m0/s1. The molecule has 20 unspecified atom stereocenters. The quantitative estimate of drug-likeness (QED) is 0.417. The Morgan fingerprint density at radius 3 is 0.591 bits per heavy atom. The molecule has 0 bridgehead atoms. The van der Waals surface area contributed by atoms with Crippen LogP contribution in [0.1, 0.15) is 25.7 Å². The molecule has 0 aromatic rings. The maximum absolute atomic E-state index is 1.81. The molecule has 206 valence electrons. The SMILES string of the molecule is C1C2C3C4C5C6C7C8C9C%10C[C@@H]%11[C@@H]%12C[C@@H]%13[C@@H]%14[C@@H]%15[C@@H]%16C%17[C@@H]%18[C@@H]%19[C@@H]%20[C@@H]%21C[C@@H]%22C1[C@@]21C%22%21C%202C%19%20C%18%19C%17%18C6([C@@]5%19[C@@]4%20[C@@]321)[C@@]71[C@@]%16%18C%152C%143C%13%12[C@]%10%11[C@@]93[C@@]821. The van der Waals surface area contributed by atoms with Gasteiger partial charge in [-0.25, -0.2) is 0 Å². The molecule has 0 aliphatic heterocycles. The molecule has 40 atom stereocenters. The molecule has 30 saturated carbocycles. The Morgan fingerprint density at radius 2 is 0.364 bits per heavy atom. The zero-order valence-corrected chi connectivity index (χ0v) is 24.5. The summed E-state index contributed by atoms with van der Waals surface area (Å²) in [6, 6.07) is 0. The van der Waals surface area contributed by atoms with E-state index in [4.69, 9.17) is 0 Å². The highest BCUT2D eigenvalue weighted by molar-refractivity contribution is 6.02. The van der Waals surface area contributed by atoms with Crippen molar-refractivity contribution in [2.75, 3.05) is 0 Å². The second-order valence-corrected chi connectivity index (χ2v) is 27.9. The van der Waals surface area contributed by atoms with Crippen molar-refractivity contribution in [1.29, 1.82) is 0 Å². The highest BCUT2D eigenvalue weighted by Crippen LogP contribution is 3.58. The predicted molar refractivity (Wildman–Crippen MR) is 139 cm³/mol. The minimum absolute atomic E-state index is 1.10. The maximum Gasteiger partial charge on any atom is -0.00502 e. The van der Waals surface area contributed by atoms with Crippen molar-refractivity contribution in [1.82, 2.24) is 0 Å². The fourth-order valence-corrected chi connectivity index (χ4v) is 45.7. The van der Waals surface area contributed by atoms with Gasteiger partial charge < -0.3 is 0 Å². The van der Waals surface area contributed by atoms with Gasteiger partial charge in [-0.2, -0.15) is 0 Å². The van der Waals surface area contributed by atoms with Crippen LogP contribution in [0, 0.1) is 228 Å². The van der Waals surface area contributed by atoms with E-state index in [9.17, 15) is 0 Å². The van der Waals surface area contributed by atoms with E-state index in [-0.39, 0.29) is 0 Å². The highest BCUT2D eigenvalue weighted by atomic mass is 15.6. The van der Waals surface area contributed by atoms with Crippen molar-refractivity contribution in [3.63, 3.8) is 0 Å². The van der Waals surface area contributed by atoms with Crippen molar-refractivity contribution in [2.24, 2.45) is 228 Å². The van der Waals surface area contributed by atoms with Crippen LogP contribution < -0.4 is 0 Å². The topological polar surface area (TPSA) is 0 Å². The Balaban J connectivity index is 0.839. The summed E-state index contributed by atoms with van der Waals surface area (Å²) >= 11 is 0. The van der Waals surface area contributed by atoms with Crippen LogP contribution in [0.2, 0.25) is 0 Å². The van der Waals surface area contributed by atoms with Gasteiger partial charge >= 0.3 is 0 Å². The van der Waals surface area contributed by atoms with E-state index in [0.29, 0.717) is 0 Å². The monoisotopic (exact) mass is 558 g/mol. The fraction of sp³-hybridized carbons (Fsp3) is 1.00. The lowest BCUT2D eigenvalue weighted by Gasteiger charge is -3.56. The molecule has 0 amide bonds. The van der Waals surface area contributed by atoms with Crippen LogP contribution in [0.3, 0.4) is 0 Å².